The lowest BCUT2D eigenvalue weighted by atomic mass is 9.76. The first-order chi connectivity index (χ1) is 13.5. The van der Waals surface area contributed by atoms with E-state index in [9.17, 15) is 9.59 Å². The number of nitrogens with one attached hydrogen (secondary N) is 1. The Morgan fingerprint density at radius 2 is 1.96 bits per heavy atom. The van der Waals surface area contributed by atoms with Crippen LogP contribution in [0.4, 0.5) is 5.95 Å². The van der Waals surface area contributed by atoms with Crippen LogP contribution in [0.15, 0.2) is 23.0 Å². The van der Waals surface area contributed by atoms with E-state index >= 15 is 0 Å². The minimum absolute atomic E-state index is 0.0639. The highest BCUT2D eigenvalue weighted by atomic mass is 16.5. The number of fused-ring (bicyclic) bond motifs is 2. The number of carbonyl (C=O) groups excluding carboxylic acids is 1. The molecule has 0 unspecified atom stereocenters. The average molecular weight is 384 g/mol. The highest BCUT2D eigenvalue weighted by molar-refractivity contribution is 5.97. The Hall–Kier alpha value is -3.03. The predicted octanol–water partition coefficient (Wildman–Crippen LogP) is 1.49. The minimum atomic E-state index is -0.168. The van der Waals surface area contributed by atoms with Crippen LogP contribution < -0.4 is 20.8 Å². The third-order valence-corrected chi connectivity index (χ3v) is 6.04. The second-order valence-corrected chi connectivity index (χ2v) is 7.42. The summed E-state index contributed by atoms with van der Waals surface area (Å²) in [6.45, 7) is 1.20. The van der Waals surface area contributed by atoms with Crippen LogP contribution in [0.2, 0.25) is 0 Å². The van der Waals surface area contributed by atoms with Gasteiger partial charge in [-0.3, -0.25) is 14.6 Å². The first kappa shape index (κ1) is 18.3. The number of nitrogens with two attached hydrogens (primary N) is 1. The number of aromatic amines is 1. The number of likely N-dealkylation sites (tertiary alicyclic amines) is 1. The Balaban J connectivity index is 1.55. The largest absolute Gasteiger partial charge is 0.497 e. The molecule has 1 aromatic carbocycles. The number of methoxy groups -OCH3 is 2. The number of H-pyrrole nitrogens is 1. The number of nitrogens with zero attached hydrogens (tertiary/aromatic N) is 2. The number of hydrogen-bond donors (Lipinski definition) is 2. The standard InChI is InChI=1S/C20H24N4O4/c1-27-12-3-4-13(15(11-12)28-2)18(26)24-9-7-20(8-10-24)6-5-14-16(20)22-19(21)23-17(14)25/h3-4,11H,5-10H2,1-2H3,(H3,21,22,23,25). The van der Waals surface area contributed by atoms with Crippen molar-refractivity contribution in [3.63, 3.8) is 0 Å². The van der Waals surface area contributed by atoms with Crippen LogP contribution in [0.1, 0.15) is 40.9 Å². The minimum Gasteiger partial charge on any atom is -0.497 e. The molecule has 1 fully saturated rings. The van der Waals surface area contributed by atoms with Gasteiger partial charge in [0.15, 0.2) is 0 Å². The van der Waals surface area contributed by atoms with Crippen molar-refractivity contribution >= 4 is 11.9 Å². The molecule has 1 saturated heterocycles. The summed E-state index contributed by atoms with van der Waals surface area (Å²) in [4.78, 5) is 34.1. The number of rotatable bonds is 3. The lowest BCUT2D eigenvalue weighted by molar-refractivity contribution is 0.0660. The summed E-state index contributed by atoms with van der Waals surface area (Å²) in [5.74, 6) is 1.23. The van der Waals surface area contributed by atoms with Gasteiger partial charge in [0, 0.05) is 30.1 Å². The molecule has 28 heavy (non-hydrogen) atoms. The first-order valence-corrected chi connectivity index (χ1v) is 9.38. The highest BCUT2D eigenvalue weighted by Crippen LogP contribution is 2.44. The van der Waals surface area contributed by atoms with Gasteiger partial charge in [-0.1, -0.05) is 0 Å². The van der Waals surface area contributed by atoms with E-state index in [4.69, 9.17) is 15.2 Å². The third-order valence-electron chi connectivity index (χ3n) is 6.04. The number of hydrogen-bond acceptors (Lipinski definition) is 6. The predicted molar refractivity (Wildman–Crippen MR) is 104 cm³/mol. The van der Waals surface area contributed by atoms with E-state index in [2.05, 4.69) is 9.97 Å². The summed E-state index contributed by atoms with van der Waals surface area (Å²) >= 11 is 0. The Morgan fingerprint density at radius 1 is 1.21 bits per heavy atom. The average Bonchev–Trinajstić information content (AvgIpc) is 3.05. The van der Waals surface area contributed by atoms with Crippen LogP contribution >= 0.6 is 0 Å². The lowest BCUT2D eigenvalue weighted by Gasteiger charge is -2.39. The zero-order chi connectivity index (χ0) is 19.9. The zero-order valence-corrected chi connectivity index (χ0v) is 16.1. The molecule has 4 rings (SSSR count). The number of amides is 1. The number of benzene rings is 1. The van der Waals surface area contributed by atoms with Crippen LogP contribution in [0.3, 0.4) is 0 Å². The number of anilines is 1. The molecule has 1 aliphatic carbocycles. The summed E-state index contributed by atoms with van der Waals surface area (Å²) in [7, 11) is 3.12. The molecular weight excluding hydrogens is 360 g/mol. The Bertz CT molecular complexity index is 977. The van der Waals surface area contributed by atoms with Crippen molar-refractivity contribution in [2.75, 3.05) is 33.0 Å². The summed E-state index contributed by atoms with van der Waals surface area (Å²) in [6, 6.07) is 5.20. The van der Waals surface area contributed by atoms with Crippen molar-refractivity contribution in [1.82, 2.24) is 14.9 Å². The molecule has 1 spiro atoms. The molecule has 3 N–H and O–H groups in total. The van der Waals surface area contributed by atoms with Gasteiger partial charge in [-0.15, -0.1) is 0 Å². The molecule has 148 valence electrons. The smallest absolute Gasteiger partial charge is 0.257 e. The normalized spacial score (nSPS) is 17.4. The van der Waals surface area contributed by atoms with E-state index in [0.29, 0.717) is 36.6 Å². The molecule has 0 saturated carbocycles. The van der Waals surface area contributed by atoms with Crippen LogP contribution in [-0.4, -0.2) is 48.1 Å². The molecule has 1 amide bonds. The van der Waals surface area contributed by atoms with Crippen molar-refractivity contribution in [3.05, 3.63) is 45.4 Å². The number of carbonyl (C=O) groups is 1. The van der Waals surface area contributed by atoms with Crippen molar-refractivity contribution < 1.29 is 14.3 Å². The second kappa shape index (κ2) is 6.85. The van der Waals surface area contributed by atoms with Crippen LogP contribution in [0.25, 0.3) is 0 Å². The van der Waals surface area contributed by atoms with Crippen LogP contribution in [0, 0.1) is 0 Å². The monoisotopic (exact) mass is 384 g/mol. The molecule has 2 aliphatic rings. The fourth-order valence-electron chi connectivity index (χ4n) is 4.44. The SMILES string of the molecule is COc1ccc(C(=O)N2CCC3(CCc4c3nc(N)[nH]c4=O)CC2)c(OC)c1. The molecule has 8 nitrogen and oxygen atoms in total. The van der Waals surface area contributed by atoms with Gasteiger partial charge in [0.05, 0.1) is 25.5 Å². The molecule has 1 aromatic heterocycles. The van der Waals surface area contributed by atoms with Gasteiger partial charge in [0.1, 0.15) is 11.5 Å². The van der Waals surface area contributed by atoms with E-state index in [1.54, 1.807) is 32.4 Å². The van der Waals surface area contributed by atoms with E-state index < -0.39 is 0 Å². The molecule has 2 heterocycles. The van der Waals surface area contributed by atoms with Crippen LogP contribution in [-0.2, 0) is 11.8 Å². The topological polar surface area (TPSA) is 111 Å². The zero-order valence-electron chi connectivity index (χ0n) is 16.1. The molecular formula is C20H24N4O4. The number of piperidine rings is 1. The number of nitrogen functional groups attached to an aromatic ring is 1. The van der Waals surface area contributed by atoms with Gasteiger partial charge in [0.25, 0.3) is 11.5 Å². The maximum Gasteiger partial charge on any atom is 0.257 e. The van der Waals surface area contributed by atoms with Crippen molar-refractivity contribution in [2.24, 2.45) is 0 Å². The van der Waals surface area contributed by atoms with Gasteiger partial charge in [-0.2, -0.15) is 0 Å². The molecule has 0 bridgehead atoms. The summed E-state index contributed by atoms with van der Waals surface area (Å²) in [5, 5.41) is 0. The van der Waals surface area contributed by atoms with E-state index in [-0.39, 0.29) is 22.8 Å². The van der Waals surface area contributed by atoms with Crippen molar-refractivity contribution in [1.29, 1.82) is 0 Å². The fourth-order valence-corrected chi connectivity index (χ4v) is 4.44. The Labute approximate surface area is 162 Å². The first-order valence-electron chi connectivity index (χ1n) is 9.38. The van der Waals surface area contributed by atoms with E-state index in [1.807, 2.05) is 4.90 Å². The van der Waals surface area contributed by atoms with Crippen molar-refractivity contribution in [3.8, 4) is 11.5 Å². The highest BCUT2D eigenvalue weighted by Gasteiger charge is 2.44. The quantitative estimate of drug-likeness (QED) is 0.830. The molecule has 0 atom stereocenters. The lowest BCUT2D eigenvalue weighted by Crippen LogP contribution is -2.45. The number of ether oxygens (including phenoxy) is 2. The van der Waals surface area contributed by atoms with Gasteiger partial charge < -0.3 is 20.1 Å². The third kappa shape index (κ3) is 2.89. The van der Waals surface area contributed by atoms with Gasteiger partial charge in [0.2, 0.25) is 5.95 Å². The second-order valence-electron chi connectivity index (χ2n) is 7.42. The van der Waals surface area contributed by atoms with Crippen molar-refractivity contribution in [2.45, 2.75) is 31.1 Å². The molecule has 2 aromatic rings. The van der Waals surface area contributed by atoms with Gasteiger partial charge in [-0.25, -0.2) is 4.98 Å². The maximum atomic E-state index is 13.1. The molecule has 1 aliphatic heterocycles. The molecule has 0 radical (unpaired) electrons. The maximum absolute atomic E-state index is 13.1. The van der Waals surface area contributed by atoms with Gasteiger partial charge >= 0.3 is 0 Å². The number of aromatic nitrogens is 2. The fraction of sp³-hybridized carbons (Fsp3) is 0.450. The van der Waals surface area contributed by atoms with E-state index in [0.717, 1.165) is 30.5 Å². The molecule has 8 heteroatoms. The summed E-state index contributed by atoms with van der Waals surface area (Å²) in [6.07, 6.45) is 3.11. The summed E-state index contributed by atoms with van der Waals surface area (Å²) < 4.78 is 10.6. The van der Waals surface area contributed by atoms with Gasteiger partial charge in [-0.05, 0) is 37.8 Å². The summed E-state index contributed by atoms with van der Waals surface area (Å²) in [5.41, 5.74) is 7.55. The Kier molecular flexibility index (Phi) is 4.49. The Morgan fingerprint density at radius 3 is 2.64 bits per heavy atom. The van der Waals surface area contributed by atoms with Crippen LogP contribution in [0.5, 0.6) is 11.5 Å². The van der Waals surface area contributed by atoms with E-state index in [1.165, 1.54) is 0 Å².